The zero-order valence-corrected chi connectivity index (χ0v) is 18.8. The quantitative estimate of drug-likeness (QED) is 0.503. The van der Waals surface area contributed by atoms with E-state index in [4.69, 9.17) is 27.9 Å². The van der Waals surface area contributed by atoms with Crippen LogP contribution in [0, 0.1) is 0 Å². The lowest BCUT2D eigenvalue weighted by Crippen LogP contribution is -2.49. The molecule has 0 radical (unpaired) electrons. The zero-order chi connectivity index (χ0) is 21.8. The summed E-state index contributed by atoms with van der Waals surface area (Å²) >= 11 is 13.3. The van der Waals surface area contributed by atoms with Crippen LogP contribution in [0.5, 0.6) is 0 Å². The number of hydrogen-bond donors (Lipinski definition) is 0. The molecule has 9 heteroatoms. The van der Waals surface area contributed by atoms with E-state index in [1.807, 2.05) is 36.4 Å². The summed E-state index contributed by atoms with van der Waals surface area (Å²) in [7, 11) is 0. The number of amides is 1. The van der Waals surface area contributed by atoms with Crippen molar-refractivity contribution in [2.45, 2.75) is 0 Å². The maximum atomic E-state index is 12.5. The molecular formula is C22H19Cl2N3O3S. The summed E-state index contributed by atoms with van der Waals surface area (Å²) in [5.74, 6) is -0.824. The highest BCUT2D eigenvalue weighted by molar-refractivity contribution is 7.13. The van der Waals surface area contributed by atoms with E-state index in [-0.39, 0.29) is 18.2 Å². The number of carbonyl (C=O) groups is 2. The molecule has 0 bridgehead atoms. The molecule has 0 saturated carbocycles. The molecule has 160 valence electrons. The Morgan fingerprint density at radius 3 is 2.45 bits per heavy atom. The maximum absolute atomic E-state index is 12.5. The molecule has 1 amide bonds. The standard InChI is InChI=1S/C22H19Cl2N3O3S/c23-16-6-4-15(5-7-16)21-25-19(14-31-21)22(29)30-13-20(28)27-10-8-26(9-11-27)18-3-1-2-17(24)12-18/h1-7,12,14H,8-11,13H2. The van der Waals surface area contributed by atoms with Gasteiger partial charge in [-0.2, -0.15) is 0 Å². The molecule has 1 aliphatic heterocycles. The largest absolute Gasteiger partial charge is 0.451 e. The minimum atomic E-state index is -0.609. The number of halogens is 2. The molecule has 4 rings (SSSR count). The summed E-state index contributed by atoms with van der Waals surface area (Å²) in [6.45, 7) is 2.19. The van der Waals surface area contributed by atoms with Gasteiger partial charge in [0.15, 0.2) is 12.3 Å². The minimum Gasteiger partial charge on any atom is -0.451 e. The van der Waals surface area contributed by atoms with Crippen molar-refractivity contribution in [3.05, 3.63) is 69.7 Å². The van der Waals surface area contributed by atoms with E-state index in [0.29, 0.717) is 41.2 Å². The van der Waals surface area contributed by atoms with Crippen LogP contribution in [0.1, 0.15) is 10.5 Å². The Hall–Kier alpha value is -2.61. The minimum absolute atomic E-state index is 0.188. The second-order valence-electron chi connectivity index (χ2n) is 6.97. The maximum Gasteiger partial charge on any atom is 0.358 e. The lowest BCUT2D eigenvalue weighted by Gasteiger charge is -2.36. The first kappa shape index (κ1) is 21.6. The van der Waals surface area contributed by atoms with Crippen LogP contribution in [-0.4, -0.2) is 54.5 Å². The SMILES string of the molecule is O=C(OCC(=O)N1CCN(c2cccc(Cl)c2)CC1)c1csc(-c2ccc(Cl)cc2)n1. The average molecular weight is 476 g/mol. The van der Waals surface area contributed by atoms with Crippen LogP contribution in [0.15, 0.2) is 53.9 Å². The Morgan fingerprint density at radius 2 is 1.74 bits per heavy atom. The highest BCUT2D eigenvalue weighted by Gasteiger charge is 2.23. The molecule has 1 fully saturated rings. The van der Waals surface area contributed by atoms with Gasteiger partial charge in [0.25, 0.3) is 5.91 Å². The summed E-state index contributed by atoms with van der Waals surface area (Å²) in [4.78, 5) is 33.0. The molecule has 0 aliphatic carbocycles. The number of ether oxygens (including phenoxy) is 1. The van der Waals surface area contributed by atoms with E-state index < -0.39 is 5.97 Å². The van der Waals surface area contributed by atoms with Crippen molar-refractivity contribution >= 4 is 52.1 Å². The second-order valence-corrected chi connectivity index (χ2v) is 8.70. The van der Waals surface area contributed by atoms with E-state index in [1.165, 1.54) is 11.3 Å². The third-order valence-electron chi connectivity index (χ3n) is 4.94. The lowest BCUT2D eigenvalue weighted by atomic mass is 10.2. The number of hydrogen-bond acceptors (Lipinski definition) is 6. The molecule has 31 heavy (non-hydrogen) atoms. The van der Waals surface area contributed by atoms with Crippen LogP contribution < -0.4 is 4.90 Å². The highest BCUT2D eigenvalue weighted by atomic mass is 35.5. The van der Waals surface area contributed by atoms with E-state index in [1.54, 1.807) is 22.4 Å². The van der Waals surface area contributed by atoms with Gasteiger partial charge in [-0.3, -0.25) is 4.79 Å². The molecule has 6 nitrogen and oxygen atoms in total. The normalized spacial score (nSPS) is 13.9. The van der Waals surface area contributed by atoms with Gasteiger partial charge in [0, 0.05) is 52.9 Å². The van der Waals surface area contributed by atoms with Gasteiger partial charge in [0.2, 0.25) is 0 Å². The van der Waals surface area contributed by atoms with Gasteiger partial charge in [0.1, 0.15) is 5.01 Å². The summed E-state index contributed by atoms with van der Waals surface area (Å²) in [5.41, 5.74) is 2.08. The Kier molecular flexibility index (Phi) is 6.75. The average Bonchev–Trinajstić information content (AvgIpc) is 3.28. The van der Waals surface area contributed by atoms with Gasteiger partial charge in [-0.15, -0.1) is 11.3 Å². The molecule has 0 atom stereocenters. The first-order valence-electron chi connectivity index (χ1n) is 9.66. The van der Waals surface area contributed by atoms with Gasteiger partial charge in [-0.1, -0.05) is 41.4 Å². The lowest BCUT2D eigenvalue weighted by molar-refractivity contribution is -0.134. The van der Waals surface area contributed by atoms with Crippen molar-refractivity contribution in [1.82, 2.24) is 9.88 Å². The third kappa shape index (κ3) is 5.36. The molecule has 2 aromatic carbocycles. The van der Waals surface area contributed by atoms with Crippen molar-refractivity contribution < 1.29 is 14.3 Å². The molecule has 1 saturated heterocycles. The molecule has 1 aromatic heterocycles. The van der Waals surface area contributed by atoms with Gasteiger partial charge in [0.05, 0.1) is 0 Å². The molecule has 2 heterocycles. The number of rotatable bonds is 5. The summed E-state index contributed by atoms with van der Waals surface area (Å²) in [6.07, 6.45) is 0. The van der Waals surface area contributed by atoms with Crippen molar-refractivity contribution in [1.29, 1.82) is 0 Å². The molecular weight excluding hydrogens is 457 g/mol. The van der Waals surface area contributed by atoms with Gasteiger partial charge >= 0.3 is 5.97 Å². The van der Waals surface area contributed by atoms with Crippen LogP contribution in [0.2, 0.25) is 10.0 Å². The molecule has 1 aliphatic rings. The number of thiazole rings is 1. The molecule has 0 unspecified atom stereocenters. The predicted molar refractivity (Wildman–Crippen MR) is 123 cm³/mol. The highest BCUT2D eigenvalue weighted by Crippen LogP contribution is 2.25. The number of piperazine rings is 1. The summed E-state index contributed by atoms with van der Waals surface area (Å²) in [5, 5.41) is 3.63. The fourth-order valence-corrected chi connectivity index (χ4v) is 4.38. The smallest absolute Gasteiger partial charge is 0.358 e. The van der Waals surface area contributed by atoms with Crippen molar-refractivity contribution in [3.63, 3.8) is 0 Å². The van der Waals surface area contributed by atoms with Crippen molar-refractivity contribution in [2.75, 3.05) is 37.7 Å². The van der Waals surface area contributed by atoms with Crippen LogP contribution in [-0.2, 0) is 9.53 Å². The van der Waals surface area contributed by atoms with Crippen LogP contribution >= 0.6 is 34.5 Å². The van der Waals surface area contributed by atoms with Crippen LogP contribution in [0.3, 0.4) is 0 Å². The van der Waals surface area contributed by atoms with Crippen molar-refractivity contribution in [2.24, 2.45) is 0 Å². The van der Waals surface area contributed by atoms with E-state index in [9.17, 15) is 9.59 Å². The third-order valence-corrected chi connectivity index (χ3v) is 6.32. The summed E-state index contributed by atoms with van der Waals surface area (Å²) in [6, 6.07) is 14.9. The molecule has 0 N–H and O–H groups in total. The fourth-order valence-electron chi connectivity index (χ4n) is 3.27. The first-order chi connectivity index (χ1) is 15.0. The first-order valence-corrected chi connectivity index (χ1v) is 11.3. The monoisotopic (exact) mass is 475 g/mol. The Morgan fingerprint density at radius 1 is 1.00 bits per heavy atom. The van der Waals surface area contributed by atoms with E-state index >= 15 is 0 Å². The predicted octanol–water partition coefficient (Wildman–Crippen LogP) is 4.62. The van der Waals surface area contributed by atoms with Gasteiger partial charge in [-0.05, 0) is 30.3 Å². The Bertz CT molecular complexity index is 1080. The fraction of sp³-hybridized carbons (Fsp3) is 0.227. The molecule has 3 aromatic rings. The number of nitrogens with zero attached hydrogens (tertiary/aromatic N) is 3. The Balaban J connectivity index is 1.27. The van der Waals surface area contributed by atoms with Crippen molar-refractivity contribution in [3.8, 4) is 10.6 Å². The number of esters is 1. The van der Waals surface area contributed by atoms with E-state index in [2.05, 4.69) is 9.88 Å². The topological polar surface area (TPSA) is 62.7 Å². The van der Waals surface area contributed by atoms with Gasteiger partial charge in [-0.25, -0.2) is 9.78 Å². The second kappa shape index (κ2) is 9.68. The number of anilines is 1. The number of carbonyl (C=O) groups excluding carboxylic acids is 2. The summed E-state index contributed by atoms with van der Waals surface area (Å²) < 4.78 is 5.20. The number of benzene rings is 2. The molecule has 0 spiro atoms. The van der Waals surface area contributed by atoms with Crippen LogP contribution in [0.4, 0.5) is 5.69 Å². The zero-order valence-electron chi connectivity index (χ0n) is 16.5. The van der Waals surface area contributed by atoms with Gasteiger partial charge < -0.3 is 14.5 Å². The Labute approximate surface area is 194 Å². The van der Waals surface area contributed by atoms with Crippen LogP contribution in [0.25, 0.3) is 10.6 Å². The van der Waals surface area contributed by atoms with E-state index in [0.717, 1.165) is 11.3 Å². The number of aromatic nitrogens is 1.